The number of benzene rings is 2. The lowest BCUT2D eigenvalue weighted by atomic mass is 10.1. The molecule has 0 amide bonds. The van der Waals surface area contributed by atoms with Crippen LogP contribution in [0.5, 0.6) is 5.75 Å². The topological polar surface area (TPSA) is 112 Å². The average Bonchev–Trinajstić information content (AvgIpc) is 3.29. The van der Waals surface area contributed by atoms with Crippen molar-refractivity contribution in [2.24, 2.45) is 10.2 Å². The number of rotatable bonds is 7. The molecule has 1 unspecified atom stereocenters. The number of ketones is 1. The van der Waals surface area contributed by atoms with Gasteiger partial charge in [0.1, 0.15) is 17.0 Å². The van der Waals surface area contributed by atoms with Crippen molar-refractivity contribution in [3.8, 4) is 5.75 Å². The number of methoxy groups -OCH3 is 1. The van der Waals surface area contributed by atoms with Crippen molar-refractivity contribution in [2.45, 2.75) is 13.1 Å². The van der Waals surface area contributed by atoms with Gasteiger partial charge in [0.15, 0.2) is 5.65 Å². The minimum atomic E-state index is -1.33. The molecule has 4 rings (SSSR count). The zero-order valence-corrected chi connectivity index (χ0v) is 17.8. The predicted octanol–water partition coefficient (Wildman–Crippen LogP) is 4.28. The number of hydrogen-bond acceptors (Lipinski definition) is 8. The van der Waals surface area contributed by atoms with Crippen LogP contribution >= 0.6 is 0 Å². The summed E-state index contributed by atoms with van der Waals surface area (Å²) in [5.41, 5.74) is 2.57. The Bertz CT molecular complexity index is 1420. The molecule has 0 saturated heterocycles. The Morgan fingerprint density at radius 3 is 2.61 bits per heavy atom. The molecule has 0 aliphatic rings. The number of carbonyl (C=O) groups excluding carboxylic acids is 2. The Hall–Kier alpha value is -4.65. The fraction of sp³-hybridized carbons (Fsp3) is 0.174. The lowest BCUT2D eigenvalue weighted by molar-refractivity contribution is 0.0518. The van der Waals surface area contributed by atoms with Crippen molar-refractivity contribution in [3.63, 3.8) is 0 Å². The highest BCUT2D eigenvalue weighted by Crippen LogP contribution is 2.24. The van der Waals surface area contributed by atoms with Crippen LogP contribution in [0.1, 0.15) is 27.8 Å². The molecule has 0 spiro atoms. The molecule has 2 heterocycles. The van der Waals surface area contributed by atoms with Gasteiger partial charge in [-0.1, -0.05) is 5.11 Å². The molecule has 2 aromatic carbocycles. The number of aromatic nitrogens is 3. The molecule has 0 N–H and O–H groups in total. The third-order valence-electron chi connectivity index (χ3n) is 4.82. The Kier molecular flexibility index (Phi) is 6.04. The van der Waals surface area contributed by atoms with E-state index < -0.39 is 17.9 Å². The van der Waals surface area contributed by atoms with Crippen LogP contribution in [0.3, 0.4) is 0 Å². The highest BCUT2D eigenvalue weighted by atomic mass is 16.5. The number of azo groups is 1. The second-order valence-corrected chi connectivity index (χ2v) is 6.82. The minimum absolute atomic E-state index is 0.238. The summed E-state index contributed by atoms with van der Waals surface area (Å²) in [6, 6.07) is 14.7. The van der Waals surface area contributed by atoms with E-state index in [0.717, 1.165) is 0 Å². The van der Waals surface area contributed by atoms with E-state index in [1.807, 2.05) is 0 Å². The van der Waals surface area contributed by atoms with E-state index in [2.05, 4.69) is 25.3 Å². The molecule has 10 heteroatoms. The summed E-state index contributed by atoms with van der Waals surface area (Å²) >= 11 is 0. The number of ether oxygens (including phenoxy) is 2. The smallest absolute Gasteiger partial charge is 0.395 e. The zero-order valence-electron chi connectivity index (χ0n) is 17.8. The predicted molar refractivity (Wildman–Crippen MR) is 119 cm³/mol. The molecule has 0 aliphatic heterocycles. The maximum Gasteiger partial charge on any atom is 0.395 e. The molecule has 2 aromatic heterocycles. The van der Waals surface area contributed by atoms with Crippen molar-refractivity contribution in [1.29, 1.82) is 0 Å². The monoisotopic (exact) mass is 442 g/mol. The van der Waals surface area contributed by atoms with Gasteiger partial charge >= 0.3 is 12.1 Å². The van der Waals surface area contributed by atoms with Crippen LogP contribution in [0.15, 0.2) is 64.8 Å². The van der Waals surface area contributed by atoms with E-state index >= 15 is 0 Å². The molecule has 0 radical (unpaired) electrons. The number of esters is 1. The van der Waals surface area contributed by atoms with Crippen molar-refractivity contribution in [1.82, 2.24) is 14.6 Å². The molecule has 0 bridgehead atoms. The van der Waals surface area contributed by atoms with E-state index in [0.29, 0.717) is 39.4 Å². The number of hydrogen-bond donors (Lipinski definition) is 0. The summed E-state index contributed by atoms with van der Waals surface area (Å²) in [6.45, 7) is 9.33. The van der Waals surface area contributed by atoms with Crippen molar-refractivity contribution >= 4 is 34.1 Å². The average molecular weight is 442 g/mol. The molecular formula is C23H18N6O4. The highest BCUT2D eigenvalue weighted by molar-refractivity contribution is 6.01. The first-order valence-electron chi connectivity index (χ1n) is 9.96. The molecule has 33 heavy (non-hydrogen) atoms. The Balaban J connectivity index is 1.68. The number of fused-ring (bicyclic) bond motifs is 3. The number of nitrogens with zero attached hydrogens (tertiary/aromatic N) is 6. The van der Waals surface area contributed by atoms with Crippen LogP contribution in [0.4, 0.5) is 5.69 Å². The third kappa shape index (κ3) is 4.24. The maximum absolute atomic E-state index is 12.6. The summed E-state index contributed by atoms with van der Waals surface area (Å²) in [6.07, 6.45) is -1.33. The lowest BCUT2D eigenvalue weighted by Gasteiger charge is -2.06. The normalized spacial score (nSPS) is 12.0. The van der Waals surface area contributed by atoms with Crippen molar-refractivity contribution in [3.05, 3.63) is 77.3 Å². The van der Waals surface area contributed by atoms with E-state index in [4.69, 9.17) is 16.0 Å². The van der Waals surface area contributed by atoms with Gasteiger partial charge in [0.25, 0.3) is 5.78 Å². The van der Waals surface area contributed by atoms with Gasteiger partial charge in [0, 0.05) is 5.56 Å². The van der Waals surface area contributed by atoms with E-state index in [9.17, 15) is 9.59 Å². The Morgan fingerprint density at radius 1 is 1.12 bits per heavy atom. The van der Waals surface area contributed by atoms with Gasteiger partial charge in [-0.25, -0.2) is 11.4 Å². The molecule has 10 nitrogen and oxygen atoms in total. The summed E-state index contributed by atoms with van der Waals surface area (Å²) in [4.78, 5) is 28.3. The van der Waals surface area contributed by atoms with Gasteiger partial charge in [0.2, 0.25) is 0 Å². The SMILES string of the molecule is [C-]#[N+]C(/N=N/c1ccc2nnc3ccc(C(=O)OCC)n3c2c1)C(=O)c1ccc(OC)cc1. The summed E-state index contributed by atoms with van der Waals surface area (Å²) in [7, 11) is 1.53. The number of Topliss-reactive ketones (excluding diaryl/α,β-unsaturated/α-hetero) is 1. The molecule has 164 valence electrons. The number of carbonyl (C=O) groups is 2. The van der Waals surface area contributed by atoms with Crippen LogP contribution < -0.4 is 4.74 Å². The Morgan fingerprint density at radius 2 is 1.91 bits per heavy atom. The molecular weight excluding hydrogens is 424 g/mol. The van der Waals surface area contributed by atoms with Crippen LogP contribution in [-0.2, 0) is 4.74 Å². The first-order chi connectivity index (χ1) is 16.0. The first kappa shape index (κ1) is 21.6. The van der Waals surface area contributed by atoms with Gasteiger partial charge < -0.3 is 9.47 Å². The first-order valence-corrected chi connectivity index (χ1v) is 9.96. The molecule has 1 atom stereocenters. The fourth-order valence-corrected chi connectivity index (χ4v) is 3.23. The molecule has 0 fully saturated rings. The summed E-state index contributed by atoms with van der Waals surface area (Å²) < 4.78 is 11.8. The third-order valence-corrected chi connectivity index (χ3v) is 4.82. The fourth-order valence-electron chi connectivity index (χ4n) is 3.23. The van der Waals surface area contributed by atoms with Crippen molar-refractivity contribution in [2.75, 3.05) is 13.7 Å². The summed E-state index contributed by atoms with van der Waals surface area (Å²) in [5, 5.41) is 16.3. The van der Waals surface area contributed by atoms with Crippen LogP contribution in [0.25, 0.3) is 21.5 Å². The van der Waals surface area contributed by atoms with E-state index in [-0.39, 0.29) is 6.61 Å². The second-order valence-electron chi connectivity index (χ2n) is 6.82. The maximum atomic E-state index is 12.6. The summed E-state index contributed by atoms with van der Waals surface area (Å²) in [5.74, 6) is -0.359. The Labute approximate surface area is 188 Å². The lowest BCUT2D eigenvalue weighted by Crippen LogP contribution is -2.14. The van der Waals surface area contributed by atoms with Crippen molar-refractivity contribution < 1.29 is 19.1 Å². The second kappa shape index (κ2) is 9.23. The van der Waals surface area contributed by atoms with Gasteiger partial charge in [-0.05, 0) is 61.5 Å². The van der Waals surface area contributed by atoms with E-state index in [1.165, 1.54) is 7.11 Å². The highest BCUT2D eigenvalue weighted by Gasteiger charge is 2.24. The van der Waals surface area contributed by atoms with Crippen LogP contribution in [0.2, 0.25) is 0 Å². The van der Waals surface area contributed by atoms with Crippen LogP contribution in [-0.4, -0.2) is 46.2 Å². The van der Waals surface area contributed by atoms with Gasteiger partial charge in [-0.3, -0.25) is 14.0 Å². The van der Waals surface area contributed by atoms with Gasteiger partial charge in [-0.2, -0.15) is 0 Å². The molecule has 4 aromatic rings. The quantitative estimate of drug-likeness (QED) is 0.183. The minimum Gasteiger partial charge on any atom is -0.497 e. The van der Waals surface area contributed by atoms with Gasteiger partial charge in [0.05, 0.1) is 24.9 Å². The molecule has 0 aliphatic carbocycles. The van der Waals surface area contributed by atoms with Crippen LogP contribution in [0, 0.1) is 6.57 Å². The standard InChI is InChI=1S/C23H18N6O4/c1-4-33-23(31)18-11-12-20-27-26-17-10-7-15(13-19(17)29(18)20)25-28-22(24-2)21(30)14-5-8-16(32-3)9-6-14/h5-13,22H,4H2,1,3H3/b28-25+. The van der Waals surface area contributed by atoms with Gasteiger partial charge in [-0.15, -0.1) is 15.3 Å². The zero-order chi connectivity index (χ0) is 23.4. The largest absolute Gasteiger partial charge is 0.497 e. The van der Waals surface area contributed by atoms with E-state index in [1.54, 1.807) is 65.9 Å². The molecule has 0 saturated carbocycles.